The van der Waals surface area contributed by atoms with Crippen molar-refractivity contribution in [3.63, 3.8) is 0 Å². The largest absolute Gasteiger partial charge is 0.454 e. The Hall–Kier alpha value is -3.98. The van der Waals surface area contributed by atoms with Crippen molar-refractivity contribution in [1.82, 2.24) is 19.5 Å². The molecule has 45 heavy (non-hydrogen) atoms. The molecule has 2 aliphatic heterocycles. The van der Waals surface area contributed by atoms with Crippen molar-refractivity contribution >= 4 is 44.1 Å². The lowest BCUT2D eigenvalue weighted by molar-refractivity contribution is -0.386. The summed E-state index contributed by atoms with van der Waals surface area (Å²) in [6.45, 7) is 0.344. The number of H-pyrrole nitrogens is 1. The molecular formula is C21H24N6O16P2. The third kappa shape index (κ3) is 6.98. The van der Waals surface area contributed by atoms with Crippen molar-refractivity contribution in [2.45, 2.75) is 37.6 Å². The highest BCUT2D eigenvalue weighted by molar-refractivity contribution is 7.70. The van der Waals surface area contributed by atoms with Crippen LogP contribution in [0.2, 0.25) is 0 Å². The van der Waals surface area contributed by atoms with Crippen molar-refractivity contribution < 1.29 is 67.2 Å². The Kier molecular flexibility index (Phi) is 8.70. The van der Waals surface area contributed by atoms with E-state index in [4.69, 9.17) is 28.7 Å². The van der Waals surface area contributed by atoms with E-state index >= 15 is 0 Å². The highest BCUT2D eigenvalue weighted by Crippen LogP contribution is 2.55. The molecule has 3 aromatic rings. The fourth-order valence-electron chi connectivity index (χ4n) is 4.51. The summed E-state index contributed by atoms with van der Waals surface area (Å²) >= 11 is 0. The molecule has 0 spiro atoms. The molecule has 2 unspecified atom stereocenters. The fraction of sp³-hybridized carbons (Fsp3) is 0.429. The van der Waals surface area contributed by atoms with Gasteiger partial charge in [0.2, 0.25) is 12.7 Å². The van der Waals surface area contributed by atoms with Gasteiger partial charge in [-0.2, -0.15) is 4.98 Å². The van der Waals surface area contributed by atoms with Gasteiger partial charge in [-0.1, -0.05) is 0 Å². The molecule has 4 heterocycles. The van der Waals surface area contributed by atoms with Gasteiger partial charge in [-0.3, -0.25) is 38.9 Å². The molecule has 0 radical (unpaired) electrons. The number of hydrogen-bond acceptors (Lipinski definition) is 15. The summed E-state index contributed by atoms with van der Waals surface area (Å²) in [6.07, 6.45) is -7.81. The van der Waals surface area contributed by atoms with E-state index in [0.29, 0.717) is 0 Å². The van der Waals surface area contributed by atoms with Crippen LogP contribution >= 0.6 is 15.2 Å². The van der Waals surface area contributed by atoms with Crippen LogP contribution in [0.25, 0.3) is 11.2 Å². The number of carbonyl (C=O) groups excluding carboxylic acids is 1. The number of imidazole rings is 1. The van der Waals surface area contributed by atoms with Gasteiger partial charge in [0.25, 0.3) is 11.2 Å². The molecule has 5 rings (SSSR count). The number of rotatable bonds is 10. The normalized spacial score (nSPS) is 23.1. The maximum atomic E-state index is 12.7. The van der Waals surface area contributed by atoms with Gasteiger partial charge in [-0.05, 0) is 13.0 Å². The molecule has 2 aliphatic rings. The second-order valence-electron chi connectivity index (χ2n) is 9.72. The molecule has 0 bridgehead atoms. The number of nitrogens with one attached hydrogen (secondary N) is 2. The molecule has 1 fully saturated rings. The number of nitro groups is 1. The maximum Gasteiger partial charge on any atom is 0.414 e. The molecule has 0 saturated carbocycles. The van der Waals surface area contributed by atoms with Crippen LogP contribution in [0.15, 0.2) is 23.3 Å². The summed E-state index contributed by atoms with van der Waals surface area (Å²) < 4.78 is 49.8. The van der Waals surface area contributed by atoms with Crippen LogP contribution < -0.4 is 20.3 Å². The fourth-order valence-corrected chi connectivity index (χ4v) is 7.08. The first-order valence-electron chi connectivity index (χ1n) is 12.6. The number of carbonyl (C=O) groups is 1. The number of ether oxygens (including phenoxy) is 4. The lowest BCUT2D eigenvalue weighted by atomic mass is 10.1. The van der Waals surface area contributed by atoms with Crippen LogP contribution in [0.3, 0.4) is 0 Å². The predicted octanol–water partition coefficient (Wildman–Crippen LogP) is 0.0226. The molecule has 1 saturated heterocycles. The molecule has 6 atom stereocenters. The van der Waals surface area contributed by atoms with Crippen molar-refractivity contribution in [2.75, 3.05) is 24.6 Å². The average Bonchev–Trinajstić information content (AvgIpc) is 3.63. The third-order valence-corrected chi connectivity index (χ3v) is 9.96. The topological polar surface area (TPSA) is 317 Å². The summed E-state index contributed by atoms with van der Waals surface area (Å²) in [6, 6.07) is 2.42. The number of aromatic amines is 1. The minimum Gasteiger partial charge on any atom is -0.454 e. The van der Waals surface area contributed by atoms with Crippen LogP contribution in [0, 0.1) is 10.1 Å². The zero-order valence-electron chi connectivity index (χ0n) is 22.7. The first-order chi connectivity index (χ1) is 21.0. The van der Waals surface area contributed by atoms with Crippen LogP contribution in [0.5, 0.6) is 11.5 Å². The average molecular weight is 678 g/mol. The van der Waals surface area contributed by atoms with Crippen LogP contribution in [0.1, 0.15) is 24.8 Å². The Morgan fingerprint density at radius 1 is 1.24 bits per heavy atom. The number of aromatic nitrogens is 4. The van der Waals surface area contributed by atoms with E-state index in [2.05, 4.69) is 24.8 Å². The second kappa shape index (κ2) is 12.1. The molecule has 1 aromatic carbocycles. The van der Waals surface area contributed by atoms with Crippen molar-refractivity contribution in [1.29, 1.82) is 0 Å². The van der Waals surface area contributed by atoms with Crippen molar-refractivity contribution in [3.8, 4) is 11.5 Å². The first-order valence-corrected chi connectivity index (χ1v) is 16.1. The summed E-state index contributed by atoms with van der Waals surface area (Å²) in [5.74, 6) is -1.61. The minimum absolute atomic E-state index is 0.0156. The molecule has 1 amide bonds. The van der Waals surface area contributed by atoms with Gasteiger partial charge in [0.05, 0.1) is 29.5 Å². The number of anilines is 1. The molecule has 24 heteroatoms. The van der Waals surface area contributed by atoms with E-state index in [1.807, 2.05) is 0 Å². The zero-order valence-corrected chi connectivity index (χ0v) is 24.4. The van der Waals surface area contributed by atoms with Crippen LogP contribution in [-0.2, 0) is 23.1 Å². The van der Waals surface area contributed by atoms with Gasteiger partial charge in [-0.25, -0.2) is 9.78 Å². The Bertz CT molecular complexity index is 1810. The molecular weight excluding hydrogens is 654 g/mol. The Balaban J connectivity index is 1.31. The molecule has 244 valence electrons. The van der Waals surface area contributed by atoms with Gasteiger partial charge in [-0.15, -0.1) is 0 Å². The molecule has 22 nitrogen and oxygen atoms in total. The number of aliphatic hydroxyl groups excluding tert-OH is 2. The number of fused-ring (bicyclic) bond motifs is 2. The number of aliphatic hydroxyl groups is 2. The Morgan fingerprint density at radius 2 is 1.93 bits per heavy atom. The standard InChI is InChI=1S/C21H24N6O16P2/c1-8(9-2-11-12(40-6-39-11)3-10(9)27(32)33)42-21(31)25-20-23-17-14(18(30)24-20)22-5-26(17)19-16(29)15(28)13(43-19)4-41-45(37,38)7-44(34,35)36/h2-3,5,8,13,15-16,19,28-29H,4,6-7H2,1H3,(H,37,38)(H2,34,35,36)(H2,23,24,25,30,31)/t8?,13-,15-,16-,19-/m1/s1. The van der Waals surface area contributed by atoms with Crippen LogP contribution in [0.4, 0.5) is 16.4 Å². The van der Waals surface area contributed by atoms with E-state index in [1.165, 1.54) is 13.0 Å². The lowest BCUT2D eigenvalue weighted by Gasteiger charge is -2.18. The molecule has 0 aliphatic carbocycles. The molecule has 7 N–H and O–H groups in total. The SMILES string of the molecule is CC(OC(=O)Nc1nc2c(ncn2[C@@H]2O[C@H](COP(=O)(O)CP(=O)(O)O)[C@@H](O)[C@H]2O)c(=O)[nH]1)c1cc2c(cc1[N+](=O)[O-])OCO2. The summed E-state index contributed by atoms with van der Waals surface area (Å²) in [5.41, 5.74) is -1.83. The summed E-state index contributed by atoms with van der Waals surface area (Å²) in [5, 5.41) is 34.7. The third-order valence-electron chi connectivity index (χ3n) is 6.51. The van der Waals surface area contributed by atoms with Crippen molar-refractivity contribution in [2.24, 2.45) is 0 Å². The van der Waals surface area contributed by atoms with E-state index in [9.17, 15) is 43.9 Å². The van der Waals surface area contributed by atoms with E-state index in [-0.39, 0.29) is 35.0 Å². The quantitative estimate of drug-likeness (QED) is 0.0844. The summed E-state index contributed by atoms with van der Waals surface area (Å²) in [4.78, 5) is 73.9. The zero-order chi connectivity index (χ0) is 32.8. The van der Waals surface area contributed by atoms with E-state index in [0.717, 1.165) is 17.0 Å². The Labute approximate surface area is 249 Å². The number of nitrogens with zero attached hydrogens (tertiary/aromatic N) is 4. The van der Waals surface area contributed by atoms with Gasteiger partial charge < -0.3 is 48.4 Å². The number of amides is 1. The molecule has 2 aromatic heterocycles. The van der Waals surface area contributed by atoms with Crippen molar-refractivity contribution in [3.05, 3.63) is 44.5 Å². The number of nitro benzene ring substituents is 1. The van der Waals surface area contributed by atoms with Gasteiger partial charge >= 0.3 is 21.3 Å². The van der Waals surface area contributed by atoms with E-state index in [1.54, 1.807) is 0 Å². The van der Waals surface area contributed by atoms with Gasteiger partial charge in [0.15, 0.2) is 34.8 Å². The predicted molar refractivity (Wildman–Crippen MR) is 144 cm³/mol. The monoisotopic (exact) mass is 678 g/mol. The Morgan fingerprint density at radius 3 is 2.60 bits per heavy atom. The second-order valence-corrected chi connectivity index (χ2v) is 13.7. The number of benzene rings is 1. The summed E-state index contributed by atoms with van der Waals surface area (Å²) in [7, 11) is -9.74. The highest BCUT2D eigenvalue weighted by Gasteiger charge is 2.46. The smallest absolute Gasteiger partial charge is 0.414 e. The van der Waals surface area contributed by atoms with Crippen LogP contribution in [-0.4, -0.2) is 93.0 Å². The highest BCUT2D eigenvalue weighted by atomic mass is 31.2. The van der Waals surface area contributed by atoms with Gasteiger partial charge in [0.1, 0.15) is 24.4 Å². The maximum absolute atomic E-state index is 12.7. The van der Waals surface area contributed by atoms with Gasteiger partial charge in [0, 0.05) is 0 Å². The van der Waals surface area contributed by atoms with E-state index < -0.39 is 86.6 Å². The number of hydrogen-bond donors (Lipinski definition) is 7. The first kappa shape index (κ1) is 32.4. The minimum atomic E-state index is -4.93. The lowest BCUT2D eigenvalue weighted by Crippen LogP contribution is -2.33.